The topological polar surface area (TPSA) is 118 Å². The van der Waals surface area contributed by atoms with Crippen molar-refractivity contribution in [2.45, 2.75) is 19.9 Å². The summed E-state index contributed by atoms with van der Waals surface area (Å²) in [6.07, 6.45) is 0. The van der Waals surface area contributed by atoms with Crippen molar-refractivity contribution in [3.8, 4) is 0 Å². The van der Waals surface area contributed by atoms with Gasteiger partial charge in [-0.2, -0.15) is 0 Å². The first kappa shape index (κ1) is 14.7. The first-order valence-electron chi connectivity index (χ1n) is 6.30. The Labute approximate surface area is 120 Å². The number of carboxylic acid groups (broad SMARTS) is 1. The molecule has 0 spiro atoms. The maximum absolute atomic E-state index is 12.3. The molecular formula is C14H14N2O5. The molecule has 1 unspecified atom stereocenters. The molecule has 3 N–H and O–H groups in total. The van der Waals surface area contributed by atoms with Gasteiger partial charge < -0.3 is 10.8 Å². The molecule has 7 heteroatoms. The number of fused-ring (bicyclic) bond motifs is 1. The maximum Gasteiger partial charge on any atom is 0.335 e. The minimum atomic E-state index is -1.20. The largest absolute Gasteiger partial charge is 0.478 e. The lowest BCUT2D eigenvalue weighted by molar-refractivity contribution is -0.123. The Morgan fingerprint density at radius 3 is 2.19 bits per heavy atom. The van der Waals surface area contributed by atoms with E-state index in [2.05, 4.69) is 0 Å². The van der Waals surface area contributed by atoms with E-state index in [-0.39, 0.29) is 22.6 Å². The van der Waals surface area contributed by atoms with Crippen molar-refractivity contribution < 1.29 is 24.3 Å². The molecule has 3 amide bonds. The summed E-state index contributed by atoms with van der Waals surface area (Å²) in [7, 11) is 0. The van der Waals surface area contributed by atoms with Crippen LogP contribution in [0.3, 0.4) is 0 Å². The monoisotopic (exact) mass is 290 g/mol. The Kier molecular flexibility index (Phi) is 3.51. The normalized spacial score (nSPS) is 15.3. The number of amides is 3. The standard InChI is InChI=1S/C14H14N2O5/c1-6(2)10(11(15)17)16-12(18)8-4-3-7(14(20)21)5-9(8)13(16)19/h3-6,10H,1-2H3,(H2,15,17)(H,20,21). The number of imide groups is 1. The molecule has 0 bridgehead atoms. The smallest absolute Gasteiger partial charge is 0.335 e. The van der Waals surface area contributed by atoms with Gasteiger partial charge in [0, 0.05) is 0 Å². The molecule has 21 heavy (non-hydrogen) atoms. The average Bonchev–Trinajstić information content (AvgIpc) is 2.63. The summed E-state index contributed by atoms with van der Waals surface area (Å²) in [4.78, 5) is 47.9. The Morgan fingerprint density at radius 2 is 1.71 bits per heavy atom. The first-order chi connectivity index (χ1) is 9.75. The molecule has 0 aliphatic carbocycles. The molecule has 1 aliphatic heterocycles. The van der Waals surface area contributed by atoms with Crippen molar-refractivity contribution >= 4 is 23.7 Å². The van der Waals surface area contributed by atoms with Crippen LogP contribution >= 0.6 is 0 Å². The van der Waals surface area contributed by atoms with Crippen LogP contribution in [0.4, 0.5) is 0 Å². The number of carbonyl (C=O) groups is 4. The number of hydrogen-bond acceptors (Lipinski definition) is 4. The van der Waals surface area contributed by atoms with Gasteiger partial charge in [0.1, 0.15) is 6.04 Å². The van der Waals surface area contributed by atoms with Gasteiger partial charge in [-0.1, -0.05) is 13.8 Å². The maximum atomic E-state index is 12.3. The minimum absolute atomic E-state index is 0.0215. The number of nitrogens with two attached hydrogens (primary N) is 1. The van der Waals surface area contributed by atoms with Gasteiger partial charge in [-0.25, -0.2) is 4.79 Å². The van der Waals surface area contributed by atoms with Crippen LogP contribution in [-0.2, 0) is 4.79 Å². The molecule has 1 heterocycles. The zero-order chi connectivity index (χ0) is 15.9. The van der Waals surface area contributed by atoms with E-state index in [0.717, 1.165) is 11.0 Å². The molecule has 0 aromatic heterocycles. The van der Waals surface area contributed by atoms with E-state index < -0.39 is 29.7 Å². The Hall–Kier alpha value is -2.70. The predicted molar refractivity (Wildman–Crippen MR) is 71.7 cm³/mol. The van der Waals surface area contributed by atoms with Crippen LogP contribution in [0.15, 0.2) is 18.2 Å². The summed E-state index contributed by atoms with van der Waals surface area (Å²) in [6.45, 7) is 3.34. The first-order valence-corrected chi connectivity index (χ1v) is 6.30. The molecule has 1 aromatic rings. The summed E-state index contributed by atoms with van der Waals surface area (Å²) in [5, 5.41) is 8.94. The summed E-state index contributed by atoms with van der Waals surface area (Å²) in [5.41, 5.74) is 5.23. The van der Waals surface area contributed by atoms with Gasteiger partial charge in [0.15, 0.2) is 0 Å². The second kappa shape index (κ2) is 5.01. The number of benzene rings is 1. The summed E-state index contributed by atoms with van der Waals surface area (Å²) >= 11 is 0. The molecule has 1 aromatic carbocycles. The molecule has 7 nitrogen and oxygen atoms in total. The lowest BCUT2D eigenvalue weighted by Crippen LogP contribution is -2.50. The Morgan fingerprint density at radius 1 is 1.14 bits per heavy atom. The molecule has 2 rings (SSSR count). The molecule has 1 atom stereocenters. The van der Waals surface area contributed by atoms with E-state index in [1.165, 1.54) is 12.1 Å². The van der Waals surface area contributed by atoms with Crippen LogP contribution in [0.2, 0.25) is 0 Å². The number of primary amides is 1. The van der Waals surface area contributed by atoms with Gasteiger partial charge >= 0.3 is 5.97 Å². The number of aromatic carboxylic acids is 1. The van der Waals surface area contributed by atoms with E-state index in [4.69, 9.17) is 10.8 Å². The van der Waals surface area contributed by atoms with Gasteiger partial charge in [-0.15, -0.1) is 0 Å². The van der Waals surface area contributed by atoms with Gasteiger partial charge in [-0.3, -0.25) is 19.3 Å². The summed E-state index contributed by atoms with van der Waals surface area (Å²) in [6, 6.07) is 2.59. The van der Waals surface area contributed by atoms with Crippen LogP contribution in [0.5, 0.6) is 0 Å². The zero-order valence-electron chi connectivity index (χ0n) is 11.5. The molecule has 110 valence electrons. The third kappa shape index (κ3) is 2.26. The second-order valence-electron chi connectivity index (χ2n) is 5.14. The fourth-order valence-corrected chi connectivity index (χ4v) is 2.40. The van der Waals surface area contributed by atoms with Gasteiger partial charge in [0.2, 0.25) is 5.91 Å². The second-order valence-corrected chi connectivity index (χ2v) is 5.14. The van der Waals surface area contributed by atoms with E-state index in [9.17, 15) is 19.2 Å². The highest BCUT2D eigenvalue weighted by atomic mass is 16.4. The molecular weight excluding hydrogens is 276 g/mol. The van der Waals surface area contributed by atoms with Crippen LogP contribution in [0.25, 0.3) is 0 Å². The van der Waals surface area contributed by atoms with Crippen molar-refractivity contribution in [3.05, 3.63) is 34.9 Å². The number of carbonyl (C=O) groups excluding carboxylic acids is 3. The van der Waals surface area contributed by atoms with Crippen molar-refractivity contribution in [2.75, 3.05) is 0 Å². The SMILES string of the molecule is CC(C)C(C(N)=O)N1C(=O)c2ccc(C(=O)O)cc2C1=O. The minimum Gasteiger partial charge on any atom is -0.478 e. The number of hydrogen-bond donors (Lipinski definition) is 2. The lowest BCUT2D eigenvalue weighted by atomic mass is 10.0. The van der Waals surface area contributed by atoms with Gasteiger partial charge in [0.25, 0.3) is 11.8 Å². The highest BCUT2D eigenvalue weighted by Crippen LogP contribution is 2.28. The molecule has 0 radical (unpaired) electrons. The van der Waals surface area contributed by atoms with Crippen molar-refractivity contribution in [2.24, 2.45) is 11.7 Å². The third-order valence-electron chi connectivity index (χ3n) is 3.37. The van der Waals surface area contributed by atoms with Crippen LogP contribution < -0.4 is 5.73 Å². The van der Waals surface area contributed by atoms with E-state index in [0.29, 0.717) is 0 Å². The third-order valence-corrected chi connectivity index (χ3v) is 3.37. The van der Waals surface area contributed by atoms with Crippen LogP contribution in [0, 0.1) is 5.92 Å². The molecule has 0 saturated carbocycles. The highest BCUT2D eigenvalue weighted by molar-refractivity contribution is 6.23. The highest BCUT2D eigenvalue weighted by Gasteiger charge is 2.43. The molecule has 1 aliphatic rings. The predicted octanol–water partition coefficient (Wildman–Crippen LogP) is 0.491. The van der Waals surface area contributed by atoms with E-state index in [1.54, 1.807) is 13.8 Å². The quantitative estimate of drug-likeness (QED) is 0.782. The van der Waals surface area contributed by atoms with Crippen molar-refractivity contribution in [3.63, 3.8) is 0 Å². The fraction of sp³-hybridized carbons (Fsp3) is 0.286. The molecule has 0 fully saturated rings. The zero-order valence-corrected chi connectivity index (χ0v) is 11.5. The van der Waals surface area contributed by atoms with E-state index >= 15 is 0 Å². The van der Waals surface area contributed by atoms with E-state index in [1.807, 2.05) is 0 Å². The Balaban J connectivity index is 2.51. The fourth-order valence-electron chi connectivity index (χ4n) is 2.40. The van der Waals surface area contributed by atoms with Crippen LogP contribution in [-0.4, -0.2) is 39.7 Å². The van der Waals surface area contributed by atoms with Gasteiger partial charge in [0.05, 0.1) is 16.7 Å². The average molecular weight is 290 g/mol. The summed E-state index contributed by atoms with van der Waals surface area (Å²) in [5.74, 6) is -3.66. The number of nitrogens with zero attached hydrogens (tertiary/aromatic N) is 1. The number of rotatable bonds is 4. The van der Waals surface area contributed by atoms with Crippen molar-refractivity contribution in [1.82, 2.24) is 4.90 Å². The lowest BCUT2D eigenvalue weighted by Gasteiger charge is -2.26. The van der Waals surface area contributed by atoms with Crippen molar-refractivity contribution in [1.29, 1.82) is 0 Å². The van der Waals surface area contributed by atoms with Crippen LogP contribution in [0.1, 0.15) is 44.9 Å². The Bertz CT molecular complexity index is 665. The number of carboxylic acids is 1. The van der Waals surface area contributed by atoms with Gasteiger partial charge in [-0.05, 0) is 24.1 Å². The summed E-state index contributed by atoms with van der Waals surface area (Å²) < 4.78 is 0. The molecule has 0 saturated heterocycles.